The van der Waals surface area contributed by atoms with Crippen molar-refractivity contribution in [2.24, 2.45) is 0 Å². The number of hydrogen-bond donors (Lipinski definition) is 1. The van der Waals surface area contributed by atoms with E-state index >= 15 is 0 Å². The maximum atomic E-state index is 13.3. The molecule has 0 saturated carbocycles. The maximum absolute atomic E-state index is 13.3. The first-order chi connectivity index (χ1) is 7.75. The number of nitrogen functional groups attached to an aromatic ring is 1. The van der Waals surface area contributed by atoms with E-state index in [1.54, 1.807) is 12.1 Å². The molecule has 0 bridgehead atoms. The molecule has 1 saturated heterocycles. The molecule has 3 nitrogen and oxygen atoms in total. The number of rotatable bonds is 4. The molecule has 0 atom stereocenters. The highest BCUT2D eigenvalue weighted by Gasteiger charge is 2.11. The fourth-order valence-corrected chi connectivity index (χ4v) is 1.93. The van der Waals surface area contributed by atoms with E-state index in [4.69, 9.17) is 10.5 Å². The zero-order valence-electron chi connectivity index (χ0n) is 9.69. The molecular weight excluding hydrogens is 243 g/mol. The van der Waals surface area contributed by atoms with Gasteiger partial charge in [-0.1, -0.05) is 0 Å². The Labute approximate surface area is 107 Å². The Morgan fingerprint density at radius 3 is 2.65 bits per heavy atom. The molecule has 2 rings (SSSR count). The Kier molecular flexibility index (Phi) is 5.51. The lowest BCUT2D eigenvalue weighted by atomic mass is 10.3. The Bertz CT molecular complexity index is 356. The van der Waals surface area contributed by atoms with E-state index in [0.29, 0.717) is 12.3 Å². The molecule has 5 heteroatoms. The summed E-state index contributed by atoms with van der Waals surface area (Å²) in [6, 6.07) is 4.51. The smallest absolute Gasteiger partial charge is 0.167 e. The standard InChI is InChI=1S/C12H17FN2O.ClH/c13-11-9-10(14)3-4-12(11)16-8-7-15-5-1-2-6-15;/h3-4,9H,1-2,5-8,14H2;1H. The number of benzene rings is 1. The Balaban J connectivity index is 0.00000144. The first-order valence-corrected chi connectivity index (χ1v) is 5.66. The van der Waals surface area contributed by atoms with Crippen LogP contribution in [0.2, 0.25) is 0 Å². The minimum absolute atomic E-state index is 0. The molecule has 0 aromatic heterocycles. The van der Waals surface area contributed by atoms with Gasteiger partial charge in [-0.3, -0.25) is 4.90 Å². The van der Waals surface area contributed by atoms with Crippen molar-refractivity contribution in [2.75, 3.05) is 32.0 Å². The minimum atomic E-state index is -0.388. The first-order valence-electron chi connectivity index (χ1n) is 5.66. The van der Waals surface area contributed by atoms with E-state index in [1.807, 2.05) is 0 Å². The number of anilines is 1. The zero-order chi connectivity index (χ0) is 11.4. The van der Waals surface area contributed by atoms with Crippen LogP contribution in [0.15, 0.2) is 18.2 Å². The van der Waals surface area contributed by atoms with Gasteiger partial charge < -0.3 is 10.5 Å². The Morgan fingerprint density at radius 1 is 1.29 bits per heavy atom. The largest absolute Gasteiger partial charge is 0.489 e. The van der Waals surface area contributed by atoms with Crippen LogP contribution >= 0.6 is 12.4 Å². The molecule has 1 heterocycles. The number of halogens is 2. The molecule has 0 spiro atoms. The van der Waals surface area contributed by atoms with Crippen LogP contribution in [0.5, 0.6) is 5.75 Å². The first kappa shape index (κ1) is 14.1. The highest BCUT2D eigenvalue weighted by Crippen LogP contribution is 2.19. The van der Waals surface area contributed by atoms with Crippen molar-refractivity contribution in [1.82, 2.24) is 4.90 Å². The van der Waals surface area contributed by atoms with Gasteiger partial charge in [0.05, 0.1) is 0 Å². The normalized spacial score (nSPS) is 15.6. The molecule has 17 heavy (non-hydrogen) atoms. The van der Waals surface area contributed by atoms with Crippen LogP contribution in [0.4, 0.5) is 10.1 Å². The van der Waals surface area contributed by atoms with E-state index < -0.39 is 0 Å². The molecule has 1 aromatic rings. The summed E-state index contributed by atoms with van der Waals surface area (Å²) < 4.78 is 18.7. The molecule has 1 aliphatic rings. The van der Waals surface area contributed by atoms with Crippen LogP contribution in [-0.4, -0.2) is 31.1 Å². The molecule has 96 valence electrons. The fraction of sp³-hybridized carbons (Fsp3) is 0.500. The van der Waals surface area contributed by atoms with Gasteiger partial charge >= 0.3 is 0 Å². The fourth-order valence-electron chi connectivity index (χ4n) is 1.93. The number of likely N-dealkylation sites (tertiary alicyclic amines) is 1. The summed E-state index contributed by atoms with van der Waals surface area (Å²) in [6.45, 7) is 3.66. The maximum Gasteiger partial charge on any atom is 0.167 e. The van der Waals surface area contributed by atoms with Crippen LogP contribution in [-0.2, 0) is 0 Å². The average Bonchev–Trinajstić information content (AvgIpc) is 2.74. The Morgan fingerprint density at radius 2 is 2.00 bits per heavy atom. The van der Waals surface area contributed by atoms with Crippen LogP contribution in [0.3, 0.4) is 0 Å². The van der Waals surface area contributed by atoms with Crippen molar-refractivity contribution in [1.29, 1.82) is 0 Å². The van der Waals surface area contributed by atoms with E-state index in [1.165, 1.54) is 18.9 Å². The molecule has 0 aliphatic carbocycles. The second-order valence-electron chi connectivity index (χ2n) is 4.09. The molecule has 1 fully saturated rings. The summed E-state index contributed by atoms with van der Waals surface area (Å²) in [4.78, 5) is 2.33. The molecule has 1 aliphatic heterocycles. The number of nitrogens with zero attached hydrogens (tertiary/aromatic N) is 1. The van der Waals surface area contributed by atoms with Gasteiger partial charge in [0.1, 0.15) is 6.61 Å². The van der Waals surface area contributed by atoms with E-state index in [-0.39, 0.29) is 24.0 Å². The van der Waals surface area contributed by atoms with Crippen molar-refractivity contribution in [3.05, 3.63) is 24.0 Å². The summed E-state index contributed by atoms with van der Waals surface area (Å²) in [5.41, 5.74) is 5.87. The Hall–Kier alpha value is -1.00. The van der Waals surface area contributed by atoms with E-state index in [2.05, 4.69) is 4.90 Å². The highest BCUT2D eigenvalue weighted by molar-refractivity contribution is 5.85. The lowest BCUT2D eigenvalue weighted by Crippen LogP contribution is -2.25. The van der Waals surface area contributed by atoms with Gasteiger partial charge in [-0.15, -0.1) is 12.4 Å². The summed E-state index contributed by atoms with van der Waals surface area (Å²) in [5.74, 6) is -0.102. The van der Waals surface area contributed by atoms with Gasteiger partial charge in [0.15, 0.2) is 11.6 Å². The monoisotopic (exact) mass is 260 g/mol. The van der Waals surface area contributed by atoms with Crippen LogP contribution in [0, 0.1) is 5.82 Å². The molecular formula is C12H18ClFN2O. The lowest BCUT2D eigenvalue weighted by molar-refractivity contribution is 0.231. The predicted molar refractivity (Wildman–Crippen MR) is 69.2 cm³/mol. The molecule has 0 unspecified atom stereocenters. The van der Waals surface area contributed by atoms with Gasteiger partial charge in [-0.25, -0.2) is 4.39 Å². The van der Waals surface area contributed by atoms with Crippen LogP contribution in [0.1, 0.15) is 12.8 Å². The van der Waals surface area contributed by atoms with Crippen molar-refractivity contribution < 1.29 is 9.13 Å². The average molecular weight is 261 g/mol. The van der Waals surface area contributed by atoms with E-state index in [0.717, 1.165) is 19.6 Å². The third kappa shape index (κ3) is 4.06. The topological polar surface area (TPSA) is 38.5 Å². The van der Waals surface area contributed by atoms with Crippen molar-refractivity contribution in [2.45, 2.75) is 12.8 Å². The number of nitrogens with two attached hydrogens (primary N) is 1. The summed E-state index contributed by atoms with van der Waals surface area (Å²) in [5, 5.41) is 0. The number of ether oxygens (including phenoxy) is 1. The lowest BCUT2D eigenvalue weighted by Gasteiger charge is -2.15. The SMILES string of the molecule is Cl.Nc1ccc(OCCN2CCCC2)c(F)c1. The molecule has 1 aromatic carbocycles. The summed E-state index contributed by atoms with van der Waals surface area (Å²) in [7, 11) is 0. The highest BCUT2D eigenvalue weighted by atomic mass is 35.5. The van der Waals surface area contributed by atoms with Gasteiger partial charge in [-0.2, -0.15) is 0 Å². The zero-order valence-corrected chi connectivity index (χ0v) is 10.5. The summed E-state index contributed by atoms with van der Waals surface area (Å²) >= 11 is 0. The van der Waals surface area contributed by atoms with Gasteiger partial charge in [-0.05, 0) is 38.1 Å². The summed E-state index contributed by atoms with van der Waals surface area (Å²) in [6.07, 6.45) is 2.52. The molecule has 2 N–H and O–H groups in total. The minimum Gasteiger partial charge on any atom is -0.489 e. The second kappa shape index (κ2) is 6.67. The molecule has 0 radical (unpaired) electrons. The van der Waals surface area contributed by atoms with Crippen LogP contribution < -0.4 is 10.5 Å². The van der Waals surface area contributed by atoms with Crippen molar-refractivity contribution in [3.8, 4) is 5.75 Å². The van der Waals surface area contributed by atoms with Gasteiger partial charge in [0.25, 0.3) is 0 Å². The quantitative estimate of drug-likeness (QED) is 0.845. The van der Waals surface area contributed by atoms with Crippen molar-refractivity contribution in [3.63, 3.8) is 0 Å². The van der Waals surface area contributed by atoms with E-state index in [9.17, 15) is 4.39 Å². The third-order valence-electron chi connectivity index (χ3n) is 2.82. The molecule has 0 amide bonds. The second-order valence-corrected chi connectivity index (χ2v) is 4.09. The van der Waals surface area contributed by atoms with Gasteiger partial charge in [0, 0.05) is 18.3 Å². The van der Waals surface area contributed by atoms with Gasteiger partial charge in [0.2, 0.25) is 0 Å². The predicted octanol–water partition coefficient (Wildman–Crippen LogP) is 2.30. The third-order valence-corrected chi connectivity index (χ3v) is 2.82. The van der Waals surface area contributed by atoms with Crippen molar-refractivity contribution >= 4 is 18.1 Å². The van der Waals surface area contributed by atoms with Crippen LogP contribution in [0.25, 0.3) is 0 Å². The number of hydrogen-bond acceptors (Lipinski definition) is 3.